The summed E-state index contributed by atoms with van der Waals surface area (Å²) in [6.45, 7) is 1.78. The number of nitrogens with zero attached hydrogens (tertiary/aromatic N) is 1. The van der Waals surface area contributed by atoms with Crippen molar-refractivity contribution < 1.29 is 19.2 Å². The average Bonchev–Trinajstić information content (AvgIpc) is 2.28. The van der Waals surface area contributed by atoms with E-state index in [2.05, 4.69) is 15.9 Å². The first-order chi connectivity index (χ1) is 8.01. The maximum absolute atomic E-state index is 11.5. The van der Waals surface area contributed by atoms with Gasteiger partial charge in [-0.2, -0.15) is 0 Å². The van der Waals surface area contributed by atoms with E-state index in [1.165, 1.54) is 6.07 Å². The van der Waals surface area contributed by atoms with Crippen LogP contribution in [0.5, 0.6) is 0 Å². The number of hydrogen-bond donors (Lipinski definition) is 0. The Kier molecular flexibility index (Phi) is 4.33. The van der Waals surface area contributed by atoms with Gasteiger partial charge in [0.1, 0.15) is 0 Å². The van der Waals surface area contributed by atoms with Crippen molar-refractivity contribution in [3.8, 4) is 0 Å². The van der Waals surface area contributed by atoms with E-state index >= 15 is 0 Å². The zero-order chi connectivity index (χ0) is 13.0. The lowest BCUT2D eigenvalue weighted by atomic mass is 10.1. The molecular weight excluding hydrogens is 294 g/mol. The number of ether oxygens (including phenoxy) is 1. The zero-order valence-electron chi connectivity index (χ0n) is 8.81. The highest BCUT2D eigenvalue weighted by Gasteiger charge is 2.20. The topological polar surface area (TPSA) is 86.5 Å². The van der Waals surface area contributed by atoms with Crippen LogP contribution >= 0.6 is 15.9 Å². The molecule has 17 heavy (non-hydrogen) atoms. The smallest absolute Gasteiger partial charge is 0.338 e. The first-order valence-corrected chi connectivity index (χ1v) is 5.40. The molecule has 0 fully saturated rings. The quantitative estimate of drug-likeness (QED) is 0.369. The first-order valence-electron chi connectivity index (χ1n) is 4.61. The number of esters is 1. The molecule has 0 aromatic heterocycles. The summed E-state index contributed by atoms with van der Waals surface area (Å²) >= 11 is 2.97. The third-order valence-corrected chi connectivity index (χ3v) is 2.57. The van der Waals surface area contributed by atoms with Crippen molar-refractivity contribution in [1.29, 1.82) is 0 Å². The van der Waals surface area contributed by atoms with Crippen molar-refractivity contribution in [2.75, 3.05) is 6.61 Å². The van der Waals surface area contributed by atoms with Gasteiger partial charge in [-0.3, -0.25) is 14.9 Å². The van der Waals surface area contributed by atoms with E-state index in [4.69, 9.17) is 4.74 Å². The highest BCUT2D eigenvalue weighted by Crippen LogP contribution is 2.28. The normalized spacial score (nSPS) is 9.76. The largest absolute Gasteiger partial charge is 0.462 e. The Morgan fingerprint density at radius 2 is 2.24 bits per heavy atom. The van der Waals surface area contributed by atoms with E-state index in [1.807, 2.05) is 0 Å². The number of rotatable bonds is 4. The molecule has 1 aromatic rings. The molecule has 0 unspecified atom stereocenters. The summed E-state index contributed by atoms with van der Waals surface area (Å²) in [6.07, 6.45) is 0.381. The molecule has 0 heterocycles. The molecule has 0 N–H and O–H groups in total. The SMILES string of the molecule is CCOC(=O)c1cc(Br)c([N+](=O)[O-])cc1C=O. The fraction of sp³-hybridized carbons (Fsp3) is 0.200. The summed E-state index contributed by atoms with van der Waals surface area (Å²) in [7, 11) is 0. The molecule has 0 radical (unpaired) electrons. The monoisotopic (exact) mass is 301 g/mol. The molecule has 0 spiro atoms. The standard InChI is InChI=1S/C10H8BrNO5/c1-2-17-10(14)7-4-8(11)9(12(15)16)3-6(7)5-13/h3-5H,2H2,1H3. The Hall–Kier alpha value is -1.76. The molecule has 0 aliphatic carbocycles. The Morgan fingerprint density at radius 3 is 2.71 bits per heavy atom. The molecule has 1 aromatic carbocycles. The molecule has 7 heteroatoms. The van der Waals surface area contributed by atoms with Gasteiger partial charge in [-0.15, -0.1) is 0 Å². The highest BCUT2D eigenvalue weighted by atomic mass is 79.9. The lowest BCUT2D eigenvalue weighted by Crippen LogP contribution is -2.08. The van der Waals surface area contributed by atoms with Gasteiger partial charge in [0.25, 0.3) is 5.69 Å². The highest BCUT2D eigenvalue weighted by molar-refractivity contribution is 9.10. The fourth-order valence-electron chi connectivity index (χ4n) is 1.20. The van der Waals surface area contributed by atoms with Crippen LogP contribution in [0.4, 0.5) is 5.69 Å². The van der Waals surface area contributed by atoms with Crippen LogP contribution < -0.4 is 0 Å². The van der Waals surface area contributed by atoms with E-state index in [1.54, 1.807) is 6.92 Å². The maximum atomic E-state index is 11.5. The van der Waals surface area contributed by atoms with E-state index in [0.717, 1.165) is 6.07 Å². The fourth-order valence-corrected chi connectivity index (χ4v) is 1.69. The van der Waals surface area contributed by atoms with Gasteiger partial charge in [0.2, 0.25) is 0 Å². The van der Waals surface area contributed by atoms with E-state index in [9.17, 15) is 19.7 Å². The average molecular weight is 302 g/mol. The Balaban J connectivity index is 3.33. The maximum Gasteiger partial charge on any atom is 0.338 e. The number of aldehydes is 1. The van der Waals surface area contributed by atoms with Crippen LogP contribution in [0.3, 0.4) is 0 Å². The summed E-state index contributed by atoms with van der Waals surface area (Å²) in [4.78, 5) is 32.3. The van der Waals surface area contributed by atoms with Crippen molar-refractivity contribution >= 4 is 33.9 Å². The van der Waals surface area contributed by atoms with Crippen molar-refractivity contribution in [2.24, 2.45) is 0 Å². The molecule has 0 saturated carbocycles. The van der Waals surface area contributed by atoms with Crippen molar-refractivity contribution in [3.05, 3.63) is 37.8 Å². The molecule has 0 saturated heterocycles. The van der Waals surface area contributed by atoms with Crippen LogP contribution in [0.15, 0.2) is 16.6 Å². The second kappa shape index (κ2) is 5.53. The molecule has 0 aliphatic rings. The lowest BCUT2D eigenvalue weighted by Gasteiger charge is -2.05. The van der Waals surface area contributed by atoms with Gasteiger partial charge in [-0.25, -0.2) is 4.79 Å². The predicted octanol–water partition coefficient (Wildman–Crippen LogP) is 2.35. The minimum atomic E-state index is -0.690. The second-order valence-electron chi connectivity index (χ2n) is 2.99. The van der Waals surface area contributed by atoms with E-state index in [-0.39, 0.29) is 27.9 Å². The van der Waals surface area contributed by atoms with Crippen LogP contribution in [0.1, 0.15) is 27.6 Å². The number of carbonyl (C=O) groups excluding carboxylic acids is 2. The molecule has 6 nitrogen and oxygen atoms in total. The molecular formula is C10H8BrNO5. The van der Waals surface area contributed by atoms with Crippen LogP contribution in [-0.2, 0) is 4.74 Å². The van der Waals surface area contributed by atoms with Gasteiger partial charge < -0.3 is 4.74 Å². The van der Waals surface area contributed by atoms with Crippen LogP contribution in [0.25, 0.3) is 0 Å². The lowest BCUT2D eigenvalue weighted by molar-refractivity contribution is -0.385. The Morgan fingerprint density at radius 1 is 1.59 bits per heavy atom. The molecule has 0 amide bonds. The third-order valence-electron chi connectivity index (χ3n) is 1.94. The van der Waals surface area contributed by atoms with Crippen LogP contribution in [0.2, 0.25) is 0 Å². The predicted molar refractivity (Wildman–Crippen MR) is 62.1 cm³/mol. The van der Waals surface area contributed by atoms with Gasteiger partial charge >= 0.3 is 5.97 Å². The van der Waals surface area contributed by atoms with Gasteiger partial charge in [-0.1, -0.05) is 0 Å². The molecule has 0 bridgehead atoms. The second-order valence-corrected chi connectivity index (χ2v) is 3.84. The number of halogens is 1. The summed E-state index contributed by atoms with van der Waals surface area (Å²) in [5.74, 6) is -0.690. The number of carbonyl (C=O) groups is 2. The Bertz CT molecular complexity index is 486. The van der Waals surface area contributed by atoms with Gasteiger partial charge in [0, 0.05) is 11.6 Å². The molecule has 0 aliphatic heterocycles. The van der Waals surface area contributed by atoms with E-state index in [0.29, 0.717) is 6.29 Å². The minimum absolute atomic E-state index is 0.000625. The molecule has 1 rings (SSSR count). The summed E-state index contributed by atoms with van der Waals surface area (Å²) in [5, 5.41) is 10.6. The summed E-state index contributed by atoms with van der Waals surface area (Å²) < 4.78 is 4.86. The van der Waals surface area contributed by atoms with Crippen molar-refractivity contribution in [1.82, 2.24) is 0 Å². The zero-order valence-corrected chi connectivity index (χ0v) is 10.4. The first kappa shape index (κ1) is 13.3. The number of benzene rings is 1. The summed E-state index contributed by atoms with van der Waals surface area (Å²) in [6, 6.07) is 2.24. The minimum Gasteiger partial charge on any atom is -0.462 e. The summed E-state index contributed by atoms with van der Waals surface area (Å²) in [5.41, 5.74) is -0.349. The van der Waals surface area contributed by atoms with E-state index < -0.39 is 10.9 Å². The number of nitro benzene ring substituents is 1. The van der Waals surface area contributed by atoms with Gasteiger partial charge in [0.15, 0.2) is 6.29 Å². The molecule has 0 atom stereocenters. The van der Waals surface area contributed by atoms with Gasteiger partial charge in [0.05, 0.1) is 21.6 Å². The third kappa shape index (κ3) is 2.88. The van der Waals surface area contributed by atoms with Crippen molar-refractivity contribution in [2.45, 2.75) is 6.92 Å². The number of hydrogen-bond acceptors (Lipinski definition) is 5. The Labute approximate surface area is 105 Å². The van der Waals surface area contributed by atoms with Gasteiger partial charge in [-0.05, 0) is 28.9 Å². The number of nitro groups is 1. The van der Waals surface area contributed by atoms with Crippen LogP contribution in [-0.4, -0.2) is 23.8 Å². The van der Waals surface area contributed by atoms with Crippen molar-refractivity contribution in [3.63, 3.8) is 0 Å². The molecule has 90 valence electrons. The van der Waals surface area contributed by atoms with Crippen LogP contribution in [0, 0.1) is 10.1 Å².